The average Bonchev–Trinajstić information content (AvgIpc) is 2.85. The van der Waals surface area contributed by atoms with E-state index < -0.39 is 0 Å². The maximum absolute atomic E-state index is 11.7. The summed E-state index contributed by atoms with van der Waals surface area (Å²) < 4.78 is 8.31. The van der Waals surface area contributed by atoms with Gasteiger partial charge in [-0.25, -0.2) is 0 Å². The first kappa shape index (κ1) is 17.7. The molecule has 1 saturated heterocycles. The Morgan fingerprint density at radius 2 is 1.92 bits per heavy atom. The van der Waals surface area contributed by atoms with Crippen LogP contribution in [0.25, 0.3) is 6.08 Å². The summed E-state index contributed by atoms with van der Waals surface area (Å²) in [7, 11) is 0. The molecule has 1 amide bonds. The van der Waals surface area contributed by atoms with Crippen molar-refractivity contribution in [2.45, 2.75) is 6.61 Å². The van der Waals surface area contributed by atoms with Gasteiger partial charge in [-0.3, -0.25) is 4.79 Å². The van der Waals surface area contributed by atoms with E-state index in [0.29, 0.717) is 15.8 Å². The molecule has 7 heteroatoms. The summed E-state index contributed by atoms with van der Waals surface area (Å²) in [4.78, 5) is 12.3. The second-order valence-electron chi connectivity index (χ2n) is 4.95. The van der Waals surface area contributed by atoms with Gasteiger partial charge in [0, 0.05) is 14.5 Å². The number of ether oxygens (including phenoxy) is 1. The van der Waals surface area contributed by atoms with Crippen LogP contribution in [0.1, 0.15) is 11.1 Å². The first-order valence-electron chi connectivity index (χ1n) is 6.93. The second-order valence-corrected chi connectivity index (χ2v) is 8.43. The number of halogens is 2. The van der Waals surface area contributed by atoms with Crippen molar-refractivity contribution in [1.82, 2.24) is 5.32 Å². The van der Waals surface area contributed by atoms with E-state index in [2.05, 4.69) is 37.2 Å². The molecule has 0 atom stereocenters. The lowest BCUT2D eigenvalue weighted by atomic mass is 10.2. The van der Waals surface area contributed by atoms with Gasteiger partial charge >= 0.3 is 0 Å². The highest BCUT2D eigenvalue weighted by molar-refractivity contribution is 9.11. The number of benzene rings is 2. The van der Waals surface area contributed by atoms with E-state index in [1.165, 1.54) is 11.8 Å². The summed E-state index contributed by atoms with van der Waals surface area (Å²) >= 11 is 13.2. The van der Waals surface area contributed by atoms with Gasteiger partial charge in [0.05, 0.1) is 4.91 Å². The zero-order valence-corrected chi connectivity index (χ0v) is 17.0. The van der Waals surface area contributed by atoms with Crippen molar-refractivity contribution in [2.75, 3.05) is 0 Å². The van der Waals surface area contributed by atoms with Crippen molar-refractivity contribution in [3.05, 3.63) is 67.4 Å². The Labute approximate surface area is 166 Å². The summed E-state index contributed by atoms with van der Waals surface area (Å²) in [6, 6.07) is 13.6. The Hall–Kier alpha value is -1.15. The number of hydrogen-bond acceptors (Lipinski definition) is 4. The molecule has 1 aliphatic heterocycles. The SMILES string of the molecule is O=C1NC(=S)S/C1=C/c1ccc(OCc2ccc(Br)cc2Br)cc1. The molecule has 122 valence electrons. The molecule has 0 aliphatic carbocycles. The Morgan fingerprint density at radius 3 is 2.54 bits per heavy atom. The Kier molecular flexibility index (Phi) is 5.76. The van der Waals surface area contributed by atoms with E-state index in [-0.39, 0.29) is 5.91 Å². The third-order valence-corrected chi connectivity index (χ3v) is 5.62. The highest BCUT2D eigenvalue weighted by Crippen LogP contribution is 2.27. The largest absolute Gasteiger partial charge is 0.489 e. The molecular formula is C17H11Br2NO2S2. The fraction of sp³-hybridized carbons (Fsp3) is 0.0588. The zero-order chi connectivity index (χ0) is 17.1. The van der Waals surface area contributed by atoms with Gasteiger partial charge in [-0.2, -0.15) is 0 Å². The quantitative estimate of drug-likeness (QED) is 0.473. The third kappa shape index (κ3) is 4.47. The third-order valence-electron chi connectivity index (χ3n) is 3.23. The number of thiocarbonyl (C=S) groups is 1. The number of rotatable bonds is 4. The van der Waals surface area contributed by atoms with Crippen LogP contribution in [0.3, 0.4) is 0 Å². The lowest BCUT2D eigenvalue weighted by Gasteiger charge is -2.08. The predicted molar refractivity (Wildman–Crippen MR) is 109 cm³/mol. The van der Waals surface area contributed by atoms with Crippen molar-refractivity contribution < 1.29 is 9.53 Å². The molecule has 1 aliphatic rings. The van der Waals surface area contributed by atoms with E-state index in [0.717, 1.165) is 25.8 Å². The topological polar surface area (TPSA) is 38.3 Å². The number of carbonyl (C=O) groups excluding carboxylic acids is 1. The van der Waals surface area contributed by atoms with Gasteiger partial charge in [-0.1, -0.05) is 74.0 Å². The monoisotopic (exact) mass is 483 g/mol. The van der Waals surface area contributed by atoms with Crippen LogP contribution in [0, 0.1) is 0 Å². The lowest BCUT2D eigenvalue weighted by Crippen LogP contribution is -2.17. The standard InChI is InChI=1S/C17H11Br2NO2S2/c18-12-4-3-11(14(19)8-12)9-22-13-5-1-10(2-6-13)7-15-16(21)20-17(23)24-15/h1-8H,9H2,(H,20,21,23)/b15-7+. The fourth-order valence-corrected chi connectivity index (χ4v) is 4.24. The zero-order valence-electron chi connectivity index (χ0n) is 12.2. The van der Waals surface area contributed by atoms with Crippen molar-refractivity contribution >= 4 is 72.1 Å². The molecule has 2 aromatic carbocycles. The van der Waals surface area contributed by atoms with E-state index in [9.17, 15) is 4.79 Å². The second kappa shape index (κ2) is 7.82. The molecule has 1 fully saturated rings. The van der Waals surface area contributed by atoms with Gasteiger partial charge < -0.3 is 10.1 Å². The Bertz CT molecular complexity index is 835. The summed E-state index contributed by atoms with van der Waals surface area (Å²) in [6.45, 7) is 0.473. The van der Waals surface area contributed by atoms with E-state index in [1.54, 1.807) is 0 Å². The summed E-state index contributed by atoms with van der Waals surface area (Å²) in [5, 5.41) is 2.60. The van der Waals surface area contributed by atoms with Gasteiger partial charge in [0.1, 0.15) is 16.7 Å². The van der Waals surface area contributed by atoms with Gasteiger partial charge in [0.15, 0.2) is 0 Å². The number of thioether (sulfide) groups is 1. The first-order chi connectivity index (χ1) is 11.5. The van der Waals surface area contributed by atoms with Gasteiger partial charge in [0.25, 0.3) is 5.91 Å². The molecule has 1 N–H and O–H groups in total. The smallest absolute Gasteiger partial charge is 0.263 e. The summed E-state index contributed by atoms with van der Waals surface area (Å²) in [6.07, 6.45) is 1.81. The van der Waals surface area contributed by atoms with Crippen molar-refractivity contribution in [1.29, 1.82) is 0 Å². The van der Waals surface area contributed by atoms with Crippen molar-refractivity contribution in [3.63, 3.8) is 0 Å². The molecule has 0 aromatic heterocycles. The normalized spacial score (nSPS) is 15.7. The summed E-state index contributed by atoms with van der Waals surface area (Å²) in [5.74, 6) is 0.622. The molecular weight excluding hydrogens is 474 g/mol. The lowest BCUT2D eigenvalue weighted by molar-refractivity contribution is -0.115. The average molecular weight is 485 g/mol. The maximum atomic E-state index is 11.7. The molecule has 1 heterocycles. The van der Waals surface area contributed by atoms with E-state index in [4.69, 9.17) is 17.0 Å². The molecule has 0 unspecified atom stereocenters. The minimum atomic E-state index is -0.148. The predicted octanol–water partition coefficient (Wildman–Crippen LogP) is 5.28. The molecule has 2 aromatic rings. The molecule has 0 saturated carbocycles. The van der Waals surface area contributed by atoms with Crippen LogP contribution in [0.5, 0.6) is 5.75 Å². The maximum Gasteiger partial charge on any atom is 0.263 e. The van der Waals surface area contributed by atoms with Crippen molar-refractivity contribution in [3.8, 4) is 5.75 Å². The first-order valence-corrected chi connectivity index (χ1v) is 9.74. The number of nitrogens with one attached hydrogen (secondary N) is 1. The molecule has 24 heavy (non-hydrogen) atoms. The van der Waals surface area contributed by atoms with Crippen LogP contribution in [-0.2, 0) is 11.4 Å². The van der Waals surface area contributed by atoms with Crippen LogP contribution >= 0.6 is 55.8 Å². The summed E-state index contributed by atoms with van der Waals surface area (Å²) in [5.41, 5.74) is 1.99. The van der Waals surface area contributed by atoms with Crippen LogP contribution in [0.15, 0.2) is 56.3 Å². The Balaban J connectivity index is 1.65. The fourth-order valence-electron chi connectivity index (χ4n) is 2.03. The molecule has 0 bridgehead atoms. The number of carbonyl (C=O) groups is 1. The minimum absolute atomic E-state index is 0.148. The molecule has 3 rings (SSSR count). The van der Waals surface area contributed by atoms with Gasteiger partial charge in [-0.15, -0.1) is 0 Å². The van der Waals surface area contributed by atoms with Crippen molar-refractivity contribution in [2.24, 2.45) is 0 Å². The van der Waals surface area contributed by atoms with E-state index >= 15 is 0 Å². The Morgan fingerprint density at radius 1 is 1.17 bits per heavy atom. The number of amides is 1. The minimum Gasteiger partial charge on any atom is -0.489 e. The molecule has 0 spiro atoms. The van der Waals surface area contributed by atoms with Crippen LogP contribution in [-0.4, -0.2) is 10.2 Å². The van der Waals surface area contributed by atoms with Gasteiger partial charge in [-0.05, 0) is 35.9 Å². The van der Waals surface area contributed by atoms with Crippen LogP contribution in [0.2, 0.25) is 0 Å². The number of hydrogen-bond donors (Lipinski definition) is 1. The van der Waals surface area contributed by atoms with Gasteiger partial charge in [0.2, 0.25) is 0 Å². The van der Waals surface area contributed by atoms with Crippen LogP contribution in [0.4, 0.5) is 0 Å². The highest BCUT2D eigenvalue weighted by Gasteiger charge is 2.21. The van der Waals surface area contributed by atoms with Crippen LogP contribution < -0.4 is 10.1 Å². The molecule has 3 nitrogen and oxygen atoms in total. The molecule has 0 radical (unpaired) electrons. The van der Waals surface area contributed by atoms with E-state index in [1.807, 2.05) is 48.5 Å². The highest BCUT2D eigenvalue weighted by atomic mass is 79.9.